The molecular weight excluding hydrogens is 268 g/mol. The van der Waals surface area contributed by atoms with Crippen LogP contribution in [-0.2, 0) is 6.54 Å². The third kappa shape index (κ3) is 2.90. The molecule has 0 saturated heterocycles. The molecule has 0 radical (unpaired) electrons. The highest BCUT2D eigenvalue weighted by Crippen LogP contribution is 2.19. The number of pyridine rings is 1. The zero-order valence-electron chi connectivity index (χ0n) is 10.5. The summed E-state index contributed by atoms with van der Waals surface area (Å²) in [4.78, 5) is 15.1. The maximum Gasteiger partial charge on any atom is 0.358 e. The zero-order chi connectivity index (χ0) is 14.0. The van der Waals surface area contributed by atoms with Crippen molar-refractivity contribution in [1.82, 2.24) is 20.0 Å². The van der Waals surface area contributed by atoms with Crippen molar-refractivity contribution in [3.8, 4) is 0 Å². The zero-order valence-corrected chi connectivity index (χ0v) is 11.3. The lowest BCUT2D eigenvalue weighted by atomic mass is 10.1. The SMILES string of the molecule is CC(C)c1c(C(=O)O)nnn1Cc1ccc(Cl)nc1. The molecule has 0 aromatic carbocycles. The molecule has 2 heterocycles. The molecule has 0 aliphatic heterocycles. The van der Waals surface area contributed by atoms with Gasteiger partial charge in [0.05, 0.1) is 12.2 Å². The van der Waals surface area contributed by atoms with E-state index in [1.807, 2.05) is 19.9 Å². The van der Waals surface area contributed by atoms with E-state index in [-0.39, 0.29) is 11.6 Å². The highest BCUT2D eigenvalue weighted by Gasteiger charge is 2.21. The van der Waals surface area contributed by atoms with Crippen LogP contribution in [0.3, 0.4) is 0 Å². The van der Waals surface area contributed by atoms with Gasteiger partial charge in [-0.1, -0.05) is 36.7 Å². The Labute approximate surface area is 115 Å². The fraction of sp³-hybridized carbons (Fsp3) is 0.333. The van der Waals surface area contributed by atoms with Crippen molar-refractivity contribution in [2.45, 2.75) is 26.3 Å². The summed E-state index contributed by atoms with van der Waals surface area (Å²) in [5, 5.41) is 17.1. The Morgan fingerprint density at radius 1 is 1.47 bits per heavy atom. The molecule has 0 bridgehead atoms. The van der Waals surface area contributed by atoms with Crippen LogP contribution in [0.2, 0.25) is 5.15 Å². The van der Waals surface area contributed by atoms with Gasteiger partial charge in [0.15, 0.2) is 5.69 Å². The summed E-state index contributed by atoms with van der Waals surface area (Å²) in [6.45, 7) is 4.22. The highest BCUT2D eigenvalue weighted by molar-refractivity contribution is 6.29. The predicted molar refractivity (Wildman–Crippen MR) is 69.4 cm³/mol. The van der Waals surface area contributed by atoms with Gasteiger partial charge in [-0.15, -0.1) is 5.10 Å². The van der Waals surface area contributed by atoms with Crippen LogP contribution in [0.25, 0.3) is 0 Å². The first-order chi connectivity index (χ1) is 8.99. The molecular formula is C12H13ClN4O2. The molecule has 7 heteroatoms. The lowest BCUT2D eigenvalue weighted by Gasteiger charge is -2.09. The molecule has 0 atom stereocenters. The summed E-state index contributed by atoms with van der Waals surface area (Å²) < 4.78 is 1.58. The Bertz CT molecular complexity index is 592. The van der Waals surface area contributed by atoms with Crippen molar-refractivity contribution < 1.29 is 9.90 Å². The van der Waals surface area contributed by atoms with Crippen molar-refractivity contribution in [2.75, 3.05) is 0 Å². The molecule has 2 aromatic rings. The van der Waals surface area contributed by atoms with Crippen molar-refractivity contribution in [2.24, 2.45) is 0 Å². The molecule has 2 rings (SSSR count). The second-order valence-electron chi connectivity index (χ2n) is 4.43. The molecule has 1 N–H and O–H groups in total. The molecule has 6 nitrogen and oxygen atoms in total. The van der Waals surface area contributed by atoms with E-state index in [0.29, 0.717) is 17.4 Å². The summed E-state index contributed by atoms with van der Waals surface area (Å²) in [6, 6.07) is 3.50. The molecule has 0 aliphatic carbocycles. The van der Waals surface area contributed by atoms with Gasteiger partial charge in [-0.2, -0.15) is 0 Å². The molecule has 0 aliphatic rings. The molecule has 0 amide bonds. The normalized spacial score (nSPS) is 10.9. The Hall–Kier alpha value is -1.95. The second-order valence-corrected chi connectivity index (χ2v) is 4.82. The Morgan fingerprint density at radius 3 is 2.74 bits per heavy atom. The first kappa shape index (κ1) is 13.5. The smallest absolute Gasteiger partial charge is 0.358 e. The number of nitrogens with zero attached hydrogens (tertiary/aromatic N) is 4. The Balaban J connectivity index is 2.35. The average Bonchev–Trinajstić information content (AvgIpc) is 2.76. The van der Waals surface area contributed by atoms with E-state index < -0.39 is 5.97 Å². The quantitative estimate of drug-likeness (QED) is 0.868. The Kier molecular flexibility index (Phi) is 3.80. The van der Waals surface area contributed by atoms with Crippen LogP contribution in [-0.4, -0.2) is 31.1 Å². The van der Waals surface area contributed by atoms with Crippen molar-refractivity contribution >= 4 is 17.6 Å². The van der Waals surface area contributed by atoms with E-state index in [1.165, 1.54) is 0 Å². The van der Waals surface area contributed by atoms with Crippen LogP contribution < -0.4 is 0 Å². The summed E-state index contributed by atoms with van der Waals surface area (Å²) in [5.41, 5.74) is 1.48. The average molecular weight is 281 g/mol. The Morgan fingerprint density at radius 2 is 2.21 bits per heavy atom. The third-order valence-electron chi connectivity index (χ3n) is 2.64. The third-order valence-corrected chi connectivity index (χ3v) is 2.87. The van der Waals surface area contributed by atoms with Gasteiger partial charge in [-0.05, 0) is 17.5 Å². The fourth-order valence-electron chi connectivity index (χ4n) is 1.83. The van der Waals surface area contributed by atoms with Gasteiger partial charge in [0.2, 0.25) is 0 Å². The van der Waals surface area contributed by atoms with Gasteiger partial charge in [0.1, 0.15) is 5.15 Å². The predicted octanol–water partition coefficient (Wildman–Crippen LogP) is 2.20. The van der Waals surface area contributed by atoms with Gasteiger partial charge in [-0.25, -0.2) is 14.5 Å². The van der Waals surface area contributed by atoms with E-state index >= 15 is 0 Å². The van der Waals surface area contributed by atoms with Gasteiger partial charge in [0, 0.05) is 6.20 Å². The highest BCUT2D eigenvalue weighted by atomic mass is 35.5. The molecule has 0 saturated carbocycles. The van der Waals surface area contributed by atoms with Gasteiger partial charge in [-0.3, -0.25) is 0 Å². The van der Waals surface area contributed by atoms with Crippen LogP contribution in [0.4, 0.5) is 0 Å². The number of carbonyl (C=O) groups is 1. The lowest BCUT2D eigenvalue weighted by Crippen LogP contribution is -2.11. The van der Waals surface area contributed by atoms with Crippen LogP contribution in [0.5, 0.6) is 0 Å². The van der Waals surface area contributed by atoms with Crippen molar-refractivity contribution in [3.05, 3.63) is 40.4 Å². The van der Waals surface area contributed by atoms with Crippen LogP contribution in [0.15, 0.2) is 18.3 Å². The number of aromatic carboxylic acids is 1. The molecule has 19 heavy (non-hydrogen) atoms. The molecule has 0 spiro atoms. The summed E-state index contributed by atoms with van der Waals surface area (Å²) in [5.74, 6) is -1.05. The molecule has 2 aromatic heterocycles. The van der Waals surface area contributed by atoms with Crippen LogP contribution in [0, 0.1) is 0 Å². The molecule has 0 unspecified atom stereocenters. The van der Waals surface area contributed by atoms with E-state index in [9.17, 15) is 4.79 Å². The number of carboxylic acids is 1. The van der Waals surface area contributed by atoms with E-state index in [0.717, 1.165) is 5.56 Å². The first-order valence-corrected chi connectivity index (χ1v) is 6.14. The minimum atomic E-state index is -1.07. The van der Waals surface area contributed by atoms with Gasteiger partial charge < -0.3 is 5.11 Å². The fourth-order valence-corrected chi connectivity index (χ4v) is 1.95. The second kappa shape index (κ2) is 5.36. The first-order valence-electron chi connectivity index (χ1n) is 5.76. The number of hydrogen-bond donors (Lipinski definition) is 1. The minimum absolute atomic E-state index is 0.00285. The van der Waals surface area contributed by atoms with E-state index in [2.05, 4.69) is 15.3 Å². The summed E-state index contributed by atoms with van der Waals surface area (Å²) >= 11 is 5.72. The maximum absolute atomic E-state index is 11.1. The topological polar surface area (TPSA) is 80.9 Å². The maximum atomic E-state index is 11.1. The molecule has 0 fully saturated rings. The van der Waals surface area contributed by atoms with Gasteiger partial charge >= 0.3 is 5.97 Å². The standard InChI is InChI=1S/C12H13ClN4O2/c1-7(2)11-10(12(18)19)15-16-17(11)6-8-3-4-9(13)14-5-8/h3-5,7H,6H2,1-2H3,(H,18,19). The number of halogens is 1. The molecule has 100 valence electrons. The largest absolute Gasteiger partial charge is 0.476 e. The monoisotopic (exact) mass is 280 g/mol. The number of hydrogen-bond acceptors (Lipinski definition) is 4. The number of carboxylic acid groups (broad SMARTS) is 1. The van der Waals surface area contributed by atoms with Gasteiger partial charge in [0.25, 0.3) is 0 Å². The van der Waals surface area contributed by atoms with Crippen molar-refractivity contribution in [3.63, 3.8) is 0 Å². The lowest BCUT2D eigenvalue weighted by molar-refractivity contribution is 0.0688. The van der Waals surface area contributed by atoms with Crippen LogP contribution in [0.1, 0.15) is 41.5 Å². The summed E-state index contributed by atoms with van der Waals surface area (Å²) in [6.07, 6.45) is 1.63. The van der Waals surface area contributed by atoms with E-state index in [1.54, 1.807) is 16.9 Å². The number of aromatic nitrogens is 4. The van der Waals surface area contributed by atoms with Crippen LogP contribution >= 0.6 is 11.6 Å². The van der Waals surface area contributed by atoms with E-state index in [4.69, 9.17) is 16.7 Å². The minimum Gasteiger partial charge on any atom is -0.476 e. The summed E-state index contributed by atoms with van der Waals surface area (Å²) in [7, 11) is 0. The van der Waals surface area contributed by atoms with Crippen molar-refractivity contribution in [1.29, 1.82) is 0 Å². The number of rotatable bonds is 4.